The van der Waals surface area contributed by atoms with E-state index in [0.29, 0.717) is 18.7 Å². The van der Waals surface area contributed by atoms with Crippen molar-refractivity contribution >= 4 is 17.7 Å². The molecule has 0 saturated carbocycles. The summed E-state index contributed by atoms with van der Waals surface area (Å²) in [6, 6.07) is 22.1. The van der Waals surface area contributed by atoms with Crippen LogP contribution < -0.4 is 9.64 Å². The minimum absolute atomic E-state index is 0.0322. The summed E-state index contributed by atoms with van der Waals surface area (Å²) in [6.07, 6.45) is 5.18. The number of amides is 1. The van der Waals surface area contributed by atoms with Gasteiger partial charge in [-0.15, -0.1) is 0 Å². The number of aryl methyl sites for hydroxylation is 1. The third-order valence-corrected chi connectivity index (χ3v) is 5.65. The van der Waals surface area contributed by atoms with E-state index in [1.165, 1.54) is 16.7 Å². The Morgan fingerprint density at radius 1 is 1.03 bits per heavy atom. The Labute approximate surface area is 190 Å². The number of carbonyl (C=O) groups excluding carboxylic acids is 1. The zero-order chi connectivity index (χ0) is 22.5. The summed E-state index contributed by atoms with van der Waals surface area (Å²) in [5.41, 5.74) is 6.45. The molecule has 0 unspecified atom stereocenters. The maximum atomic E-state index is 13.1. The minimum Gasteiger partial charge on any atom is -0.489 e. The van der Waals surface area contributed by atoms with Gasteiger partial charge in [0.1, 0.15) is 12.4 Å². The van der Waals surface area contributed by atoms with Crippen LogP contribution >= 0.6 is 0 Å². The lowest BCUT2D eigenvalue weighted by molar-refractivity contribution is 0.0989. The molecule has 1 heterocycles. The van der Waals surface area contributed by atoms with Crippen molar-refractivity contribution in [1.29, 1.82) is 0 Å². The molecule has 4 heteroatoms. The van der Waals surface area contributed by atoms with Crippen molar-refractivity contribution < 1.29 is 9.53 Å². The minimum atomic E-state index is 0.0322. The maximum Gasteiger partial charge on any atom is 0.258 e. The van der Waals surface area contributed by atoms with Gasteiger partial charge >= 0.3 is 0 Å². The number of hydrogen-bond acceptors (Lipinski definition) is 3. The molecule has 32 heavy (non-hydrogen) atoms. The van der Waals surface area contributed by atoms with Gasteiger partial charge in [0.25, 0.3) is 5.91 Å². The van der Waals surface area contributed by atoms with Gasteiger partial charge < -0.3 is 14.5 Å². The van der Waals surface area contributed by atoms with E-state index in [1.807, 2.05) is 29.2 Å². The van der Waals surface area contributed by atoms with Crippen molar-refractivity contribution in [3.05, 3.63) is 101 Å². The molecule has 0 bridgehead atoms. The van der Waals surface area contributed by atoms with Crippen molar-refractivity contribution in [3.63, 3.8) is 0 Å². The van der Waals surface area contributed by atoms with Crippen LogP contribution in [0, 0.1) is 6.92 Å². The second-order valence-electron chi connectivity index (χ2n) is 8.56. The van der Waals surface area contributed by atoms with E-state index >= 15 is 0 Å². The molecular formula is C28H30N2O2. The fraction of sp³-hybridized carbons (Fsp3) is 0.250. The van der Waals surface area contributed by atoms with Crippen LogP contribution in [0.15, 0.2) is 72.8 Å². The molecule has 0 aliphatic carbocycles. The molecule has 1 aliphatic rings. The first kappa shape index (κ1) is 21.8. The third-order valence-electron chi connectivity index (χ3n) is 5.65. The molecule has 0 aromatic heterocycles. The highest BCUT2D eigenvalue weighted by molar-refractivity contribution is 6.07. The van der Waals surface area contributed by atoms with E-state index in [0.717, 1.165) is 30.0 Å². The molecule has 3 aromatic carbocycles. The zero-order valence-electron chi connectivity index (χ0n) is 19.0. The average Bonchev–Trinajstić information content (AvgIpc) is 3.22. The fourth-order valence-corrected chi connectivity index (χ4v) is 3.84. The number of fused-ring (bicyclic) bond motifs is 1. The standard InChI is InChI=1S/C28H30N2O2/c1-21-6-8-23(9-7-21)20-32-26-13-11-24(12-14-26)28(31)30-18-16-25-19-22(10-15-27(25)30)5-4-17-29(2)3/h4-15,19H,16-18,20H2,1-3H3/b5-4+. The van der Waals surface area contributed by atoms with Crippen LogP contribution in [0.5, 0.6) is 5.75 Å². The lowest BCUT2D eigenvalue weighted by atomic mass is 10.1. The first-order valence-electron chi connectivity index (χ1n) is 11.0. The van der Waals surface area contributed by atoms with Gasteiger partial charge in [-0.25, -0.2) is 0 Å². The molecule has 0 radical (unpaired) electrons. The Kier molecular flexibility index (Phi) is 6.72. The molecule has 0 spiro atoms. The fourth-order valence-electron chi connectivity index (χ4n) is 3.84. The van der Waals surface area contributed by atoms with E-state index in [1.54, 1.807) is 0 Å². The number of ether oxygens (including phenoxy) is 1. The number of carbonyl (C=O) groups is 1. The van der Waals surface area contributed by atoms with Crippen LogP contribution in [0.4, 0.5) is 5.69 Å². The molecule has 0 saturated heterocycles. The SMILES string of the molecule is Cc1ccc(COc2ccc(C(=O)N3CCc4cc(/C=C/CN(C)C)ccc43)cc2)cc1. The topological polar surface area (TPSA) is 32.8 Å². The van der Waals surface area contributed by atoms with Crippen LogP contribution in [0.3, 0.4) is 0 Å². The van der Waals surface area contributed by atoms with E-state index in [-0.39, 0.29) is 5.91 Å². The highest BCUT2D eigenvalue weighted by Gasteiger charge is 2.25. The number of nitrogens with zero attached hydrogens (tertiary/aromatic N) is 2. The normalized spacial score (nSPS) is 13.1. The first-order chi connectivity index (χ1) is 15.5. The number of rotatable bonds is 7. The van der Waals surface area contributed by atoms with E-state index in [2.05, 4.69) is 80.5 Å². The second-order valence-corrected chi connectivity index (χ2v) is 8.56. The highest BCUT2D eigenvalue weighted by Crippen LogP contribution is 2.31. The van der Waals surface area contributed by atoms with Gasteiger partial charge in [-0.05, 0) is 80.5 Å². The molecule has 0 fully saturated rings. The zero-order valence-corrected chi connectivity index (χ0v) is 19.0. The monoisotopic (exact) mass is 426 g/mol. The molecule has 0 N–H and O–H groups in total. The summed E-state index contributed by atoms with van der Waals surface area (Å²) in [4.78, 5) is 17.1. The summed E-state index contributed by atoms with van der Waals surface area (Å²) in [6.45, 7) is 4.21. The Hall–Kier alpha value is -3.37. The van der Waals surface area contributed by atoms with Gasteiger partial charge in [0.15, 0.2) is 0 Å². The van der Waals surface area contributed by atoms with Gasteiger partial charge in [0, 0.05) is 24.3 Å². The summed E-state index contributed by atoms with van der Waals surface area (Å²) in [7, 11) is 4.11. The van der Waals surface area contributed by atoms with Crippen molar-refractivity contribution in [2.75, 3.05) is 32.1 Å². The summed E-state index contributed by atoms with van der Waals surface area (Å²) in [5.74, 6) is 0.794. The van der Waals surface area contributed by atoms with Gasteiger partial charge in [0.05, 0.1) is 0 Å². The largest absolute Gasteiger partial charge is 0.489 e. The first-order valence-corrected chi connectivity index (χ1v) is 11.0. The maximum absolute atomic E-state index is 13.1. The lowest BCUT2D eigenvalue weighted by Crippen LogP contribution is -2.28. The Bertz CT molecular complexity index is 1100. The van der Waals surface area contributed by atoms with E-state index in [9.17, 15) is 4.79 Å². The Morgan fingerprint density at radius 2 is 1.78 bits per heavy atom. The summed E-state index contributed by atoms with van der Waals surface area (Å²) in [5, 5.41) is 0. The lowest BCUT2D eigenvalue weighted by Gasteiger charge is -2.18. The van der Waals surface area contributed by atoms with Gasteiger partial charge in [0.2, 0.25) is 0 Å². The number of hydrogen-bond donors (Lipinski definition) is 0. The van der Waals surface area contributed by atoms with E-state index in [4.69, 9.17) is 4.74 Å². The average molecular weight is 427 g/mol. The van der Waals surface area contributed by atoms with Crippen molar-refractivity contribution in [3.8, 4) is 5.75 Å². The third kappa shape index (κ3) is 5.27. The van der Waals surface area contributed by atoms with Crippen LogP contribution in [0.25, 0.3) is 6.08 Å². The van der Waals surface area contributed by atoms with Crippen LogP contribution in [0.1, 0.15) is 32.6 Å². The smallest absolute Gasteiger partial charge is 0.258 e. The summed E-state index contributed by atoms with van der Waals surface area (Å²) >= 11 is 0. The number of anilines is 1. The molecule has 1 aliphatic heterocycles. The van der Waals surface area contributed by atoms with Crippen LogP contribution in [-0.2, 0) is 13.0 Å². The molecule has 4 nitrogen and oxygen atoms in total. The Morgan fingerprint density at radius 3 is 2.50 bits per heavy atom. The highest BCUT2D eigenvalue weighted by atomic mass is 16.5. The molecule has 4 rings (SSSR count). The number of benzene rings is 3. The predicted octanol–water partition coefficient (Wildman–Crippen LogP) is 5.35. The van der Waals surface area contributed by atoms with Crippen molar-refractivity contribution in [2.24, 2.45) is 0 Å². The quantitative estimate of drug-likeness (QED) is 0.510. The van der Waals surface area contributed by atoms with Crippen LogP contribution in [0.2, 0.25) is 0 Å². The van der Waals surface area contributed by atoms with Crippen LogP contribution in [-0.4, -0.2) is 38.0 Å². The molecule has 3 aromatic rings. The number of likely N-dealkylation sites (N-methyl/N-ethyl adjacent to an activating group) is 1. The molecule has 0 atom stereocenters. The molecule has 1 amide bonds. The molecular weight excluding hydrogens is 396 g/mol. The van der Waals surface area contributed by atoms with Crippen molar-refractivity contribution in [2.45, 2.75) is 20.0 Å². The molecule has 164 valence electrons. The van der Waals surface area contributed by atoms with Crippen molar-refractivity contribution in [1.82, 2.24) is 4.90 Å². The summed E-state index contributed by atoms with van der Waals surface area (Å²) < 4.78 is 5.87. The Balaban J connectivity index is 1.39. The van der Waals surface area contributed by atoms with Gasteiger partial charge in [-0.2, -0.15) is 0 Å². The predicted molar refractivity (Wildman–Crippen MR) is 131 cm³/mol. The van der Waals surface area contributed by atoms with Gasteiger partial charge in [-0.1, -0.05) is 48.0 Å². The second kappa shape index (κ2) is 9.84. The van der Waals surface area contributed by atoms with Gasteiger partial charge in [-0.3, -0.25) is 4.79 Å². The van der Waals surface area contributed by atoms with E-state index < -0.39 is 0 Å².